The van der Waals surface area contributed by atoms with Gasteiger partial charge in [-0.3, -0.25) is 14.4 Å². The van der Waals surface area contributed by atoms with E-state index in [-0.39, 0.29) is 30.7 Å². The maximum absolute atomic E-state index is 12.8. The maximum atomic E-state index is 12.8. The first-order valence-electron chi connectivity index (χ1n) is 10.8. The van der Waals surface area contributed by atoms with Gasteiger partial charge in [-0.25, -0.2) is 4.98 Å². The number of benzene rings is 1. The SMILES string of the molecule is COc1ccc(CCN2CC(C(=O)N(C)CC(=O)Nc3cc(C)ccn3)CC2=O)cc1OC. The third-order valence-electron chi connectivity index (χ3n) is 5.62. The zero-order chi connectivity index (χ0) is 24.0. The number of carbonyl (C=O) groups excluding carboxylic acids is 3. The number of ether oxygens (including phenoxy) is 2. The lowest BCUT2D eigenvalue weighted by atomic mass is 10.1. The van der Waals surface area contributed by atoms with Crippen molar-refractivity contribution in [2.45, 2.75) is 19.8 Å². The number of nitrogens with zero attached hydrogens (tertiary/aromatic N) is 3. The molecule has 2 heterocycles. The van der Waals surface area contributed by atoms with Crippen molar-refractivity contribution in [3.05, 3.63) is 47.7 Å². The van der Waals surface area contributed by atoms with Crippen LogP contribution in [0.2, 0.25) is 0 Å². The summed E-state index contributed by atoms with van der Waals surface area (Å²) in [5.74, 6) is 0.653. The van der Waals surface area contributed by atoms with Gasteiger partial charge in [0.05, 0.1) is 26.7 Å². The normalized spacial score (nSPS) is 15.3. The highest BCUT2D eigenvalue weighted by molar-refractivity contribution is 5.95. The van der Waals surface area contributed by atoms with E-state index in [0.29, 0.717) is 36.8 Å². The second-order valence-electron chi connectivity index (χ2n) is 8.14. The number of anilines is 1. The summed E-state index contributed by atoms with van der Waals surface area (Å²) in [5, 5.41) is 2.69. The number of methoxy groups -OCH3 is 2. The fourth-order valence-corrected chi connectivity index (χ4v) is 3.85. The van der Waals surface area contributed by atoms with Gasteiger partial charge in [0.1, 0.15) is 5.82 Å². The minimum atomic E-state index is -0.460. The van der Waals surface area contributed by atoms with Crippen LogP contribution in [0.5, 0.6) is 11.5 Å². The predicted octanol–water partition coefficient (Wildman–Crippen LogP) is 1.90. The van der Waals surface area contributed by atoms with E-state index in [4.69, 9.17) is 9.47 Å². The number of likely N-dealkylation sites (N-methyl/N-ethyl adjacent to an activating group) is 1. The zero-order valence-electron chi connectivity index (χ0n) is 19.5. The number of carbonyl (C=O) groups is 3. The summed E-state index contributed by atoms with van der Waals surface area (Å²) in [5.41, 5.74) is 1.98. The van der Waals surface area contributed by atoms with Crippen LogP contribution in [0.1, 0.15) is 17.5 Å². The van der Waals surface area contributed by atoms with Gasteiger partial charge in [-0.1, -0.05) is 6.07 Å². The number of aryl methyl sites for hydroxylation is 1. The Labute approximate surface area is 193 Å². The Kier molecular flexibility index (Phi) is 7.87. The Hall–Kier alpha value is -3.62. The first-order chi connectivity index (χ1) is 15.8. The molecular formula is C24H30N4O5. The molecule has 0 aliphatic carbocycles. The monoisotopic (exact) mass is 454 g/mol. The fraction of sp³-hybridized carbons (Fsp3) is 0.417. The molecule has 1 saturated heterocycles. The van der Waals surface area contributed by atoms with E-state index >= 15 is 0 Å². The lowest BCUT2D eigenvalue weighted by Crippen LogP contribution is -2.39. The Bertz CT molecular complexity index is 1030. The molecule has 1 aromatic carbocycles. The van der Waals surface area contributed by atoms with Crippen LogP contribution in [0.15, 0.2) is 36.5 Å². The second-order valence-corrected chi connectivity index (χ2v) is 8.14. The first-order valence-corrected chi connectivity index (χ1v) is 10.8. The van der Waals surface area contributed by atoms with Gasteiger partial charge in [-0.05, 0) is 48.7 Å². The summed E-state index contributed by atoms with van der Waals surface area (Å²) in [7, 11) is 4.73. The van der Waals surface area contributed by atoms with Crippen LogP contribution >= 0.6 is 0 Å². The van der Waals surface area contributed by atoms with Crippen LogP contribution in [0, 0.1) is 12.8 Å². The summed E-state index contributed by atoms with van der Waals surface area (Å²) in [6, 6.07) is 9.24. The van der Waals surface area contributed by atoms with E-state index < -0.39 is 5.92 Å². The molecule has 3 rings (SSSR count). The molecule has 1 unspecified atom stereocenters. The smallest absolute Gasteiger partial charge is 0.245 e. The van der Waals surface area contributed by atoms with Gasteiger partial charge < -0.3 is 24.6 Å². The molecule has 0 bridgehead atoms. The van der Waals surface area contributed by atoms with E-state index in [9.17, 15) is 14.4 Å². The maximum Gasteiger partial charge on any atom is 0.245 e. The Balaban J connectivity index is 1.51. The molecule has 1 atom stereocenters. The molecule has 176 valence electrons. The highest BCUT2D eigenvalue weighted by Gasteiger charge is 2.35. The molecule has 1 N–H and O–H groups in total. The number of aromatic nitrogens is 1. The van der Waals surface area contributed by atoms with Crippen LogP contribution in [0.25, 0.3) is 0 Å². The number of hydrogen-bond donors (Lipinski definition) is 1. The Morgan fingerprint density at radius 3 is 2.64 bits per heavy atom. The molecule has 1 fully saturated rings. The molecule has 0 saturated carbocycles. The highest BCUT2D eigenvalue weighted by Crippen LogP contribution is 2.28. The van der Waals surface area contributed by atoms with E-state index in [1.807, 2.05) is 31.2 Å². The Morgan fingerprint density at radius 2 is 1.94 bits per heavy atom. The van der Waals surface area contributed by atoms with E-state index in [1.54, 1.807) is 38.4 Å². The average molecular weight is 455 g/mol. The number of likely N-dealkylation sites (tertiary alicyclic amines) is 1. The van der Waals surface area contributed by atoms with Crippen molar-refractivity contribution < 1.29 is 23.9 Å². The molecule has 9 heteroatoms. The van der Waals surface area contributed by atoms with Gasteiger partial charge in [0, 0.05) is 32.8 Å². The molecular weight excluding hydrogens is 424 g/mol. The molecule has 1 aliphatic rings. The topological polar surface area (TPSA) is 101 Å². The number of amides is 3. The molecule has 2 aromatic rings. The van der Waals surface area contributed by atoms with E-state index in [1.165, 1.54) is 4.90 Å². The van der Waals surface area contributed by atoms with Crippen molar-refractivity contribution in [1.29, 1.82) is 0 Å². The minimum absolute atomic E-state index is 0.0596. The third-order valence-corrected chi connectivity index (χ3v) is 5.62. The van der Waals surface area contributed by atoms with Crippen molar-refractivity contribution in [2.24, 2.45) is 5.92 Å². The molecule has 9 nitrogen and oxygen atoms in total. The highest BCUT2D eigenvalue weighted by atomic mass is 16.5. The molecule has 3 amide bonds. The summed E-state index contributed by atoms with van der Waals surface area (Å²) in [6.07, 6.45) is 2.39. The van der Waals surface area contributed by atoms with E-state index in [0.717, 1.165) is 11.1 Å². The quantitative estimate of drug-likeness (QED) is 0.621. The van der Waals surface area contributed by atoms with Crippen molar-refractivity contribution >= 4 is 23.5 Å². The zero-order valence-corrected chi connectivity index (χ0v) is 19.5. The summed E-state index contributed by atoms with van der Waals surface area (Å²) >= 11 is 0. The third kappa shape index (κ3) is 6.21. The largest absolute Gasteiger partial charge is 0.493 e. The number of pyridine rings is 1. The first kappa shape index (κ1) is 24.0. The van der Waals surface area contributed by atoms with Gasteiger partial charge in [0.25, 0.3) is 0 Å². The van der Waals surface area contributed by atoms with Gasteiger partial charge in [-0.15, -0.1) is 0 Å². The van der Waals surface area contributed by atoms with Crippen molar-refractivity contribution in [3.63, 3.8) is 0 Å². The average Bonchev–Trinajstić information content (AvgIpc) is 3.17. The van der Waals surface area contributed by atoms with Crippen LogP contribution in [-0.2, 0) is 20.8 Å². The van der Waals surface area contributed by atoms with Gasteiger partial charge in [-0.2, -0.15) is 0 Å². The minimum Gasteiger partial charge on any atom is -0.493 e. The summed E-state index contributed by atoms with van der Waals surface area (Å²) in [4.78, 5) is 44.8. The van der Waals surface area contributed by atoms with Gasteiger partial charge in [0.15, 0.2) is 11.5 Å². The number of hydrogen-bond acceptors (Lipinski definition) is 6. The van der Waals surface area contributed by atoms with Crippen LogP contribution < -0.4 is 14.8 Å². The van der Waals surface area contributed by atoms with Crippen molar-refractivity contribution in [2.75, 3.05) is 46.2 Å². The molecule has 0 spiro atoms. The molecule has 0 radical (unpaired) electrons. The molecule has 33 heavy (non-hydrogen) atoms. The summed E-state index contributed by atoms with van der Waals surface area (Å²) < 4.78 is 10.6. The van der Waals surface area contributed by atoms with Crippen LogP contribution in [-0.4, -0.2) is 73.4 Å². The van der Waals surface area contributed by atoms with Crippen molar-refractivity contribution in [3.8, 4) is 11.5 Å². The van der Waals surface area contributed by atoms with Crippen molar-refractivity contribution in [1.82, 2.24) is 14.8 Å². The molecule has 1 aliphatic heterocycles. The number of nitrogens with one attached hydrogen (secondary N) is 1. The lowest BCUT2D eigenvalue weighted by molar-refractivity contribution is -0.137. The Morgan fingerprint density at radius 1 is 1.18 bits per heavy atom. The van der Waals surface area contributed by atoms with Gasteiger partial charge in [0.2, 0.25) is 17.7 Å². The van der Waals surface area contributed by atoms with Crippen LogP contribution in [0.4, 0.5) is 5.82 Å². The van der Waals surface area contributed by atoms with E-state index in [2.05, 4.69) is 10.3 Å². The van der Waals surface area contributed by atoms with Crippen LogP contribution in [0.3, 0.4) is 0 Å². The standard InChI is InChI=1S/C24H30N4O5/c1-16-7-9-25-21(11-16)26-22(29)15-27(2)24(31)18-13-23(30)28(14-18)10-8-17-5-6-19(32-3)20(12-17)33-4/h5-7,9,11-12,18H,8,10,13-15H2,1-4H3,(H,25,26,29). The second kappa shape index (κ2) is 10.8. The summed E-state index contributed by atoms with van der Waals surface area (Å²) in [6.45, 7) is 2.64. The lowest BCUT2D eigenvalue weighted by Gasteiger charge is -2.21. The fourth-order valence-electron chi connectivity index (χ4n) is 3.85. The number of rotatable bonds is 9. The molecule has 1 aromatic heterocycles. The van der Waals surface area contributed by atoms with Gasteiger partial charge >= 0.3 is 0 Å². The predicted molar refractivity (Wildman–Crippen MR) is 123 cm³/mol.